The van der Waals surface area contributed by atoms with Gasteiger partial charge in [-0.2, -0.15) is 0 Å². The zero-order valence-corrected chi connectivity index (χ0v) is 19.5. The molecule has 3 rings (SSSR count). The molecule has 0 bridgehead atoms. The van der Waals surface area contributed by atoms with E-state index in [9.17, 15) is 9.59 Å². The molecule has 0 aliphatic heterocycles. The smallest absolute Gasteiger partial charge is 0.341 e. The molecule has 1 atom stereocenters. The monoisotopic (exact) mass is 445 g/mol. The molecule has 0 unspecified atom stereocenters. The van der Waals surface area contributed by atoms with Crippen LogP contribution in [0.1, 0.15) is 60.5 Å². The van der Waals surface area contributed by atoms with E-state index in [0.29, 0.717) is 28.1 Å². The van der Waals surface area contributed by atoms with Crippen LogP contribution in [-0.2, 0) is 22.4 Å². The van der Waals surface area contributed by atoms with Crippen molar-refractivity contribution in [2.75, 3.05) is 11.9 Å². The Balaban J connectivity index is 1.85. The molecule has 30 heavy (non-hydrogen) atoms. The molecule has 2 aromatic rings. The van der Waals surface area contributed by atoms with Gasteiger partial charge in [0.25, 0.3) is 0 Å². The minimum Gasteiger partial charge on any atom is -0.462 e. The van der Waals surface area contributed by atoms with Gasteiger partial charge in [-0.25, -0.2) is 4.79 Å². The minimum absolute atomic E-state index is 0.203. The summed E-state index contributed by atoms with van der Waals surface area (Å²) in [4.78, 5) is 26.4. The molecule has 1 aliphatic carbocycles. The van der Waals surface area contributed by atoms with E-state index in [0.717, 1.165) is 30.4 Å². The number of esters is 1. The van der Waals surface area contributed by atoms with Gasteiger partial charge in [0.2, 0.25) is 5.91 Å². The lowest BCUT2D eigenvalue weighted by Crippen LogP contribution is -2.26. The van der Waals surface area contributed by atoms with Crippen molar-refractivity contribution in [3.8, 4) is 0 Å². The maximum Gasteiger partial charge on any atom is 0.341 e. The summed E-state index contributed by atoms with van der Waals surface area (Å²) in [5, 5.41) is 4.09. The van der Waals surface area contributed by atoms with E-state index in [1.54, 1.807) is 25.1 Å². The lowest BCUT2D eigenvalue weighted by atomic mass is 9.72. The van der Waals surface area contributed by atoms with Crippen molar-refractivity contribution >= 4 is 45.9 Å². The zero-order chi connectivity index (χ0) is 21.9. The van der Waals surface area contributed by atoms with Crippen molar-refractivity contribution in [2.45, 2.75) is 47.0 Å². The van der Waals surface area contributed by atoms with Crippen LogP contribution < -0.4 is 5.32 Å². The number of thiophene rings is 1. The van der Waals surface area contributed by atoms with Gasteiger partial charge in [-0.3, -0.25) is 4.79 Å². The minimum atomic E-state index is -0.363. The first kappa shape index (κ1) is 22.6. The van der Waals surface area contributed by atoms with Gasteiger partial charge in [-0.15, -0.1) is 11.3 Å². The highest BCUT2D eigenvalue weighted by Crippen LogP contribution is 2.44. The number of halogens is 1. The standard InChI is InChI=1S/C24H28ClNO3S/c1-5-29-23(28)21-18-11-10-16(24(2,3)4)14-19(18)30-22(21)26-20(27)12-9-15-7-6-8-17(25)13-15/h6-9,12-13,16H,5,10-11,14H2,1-4H3,(H,26,27)/b12-9-/t16-/m0/s1. The molecule has 1 aliphatic rings. The van der Waals surface area contributed by atoms with Gasteiger partial charge in [-0.1, -0.05) is 44.5 Å². The van der Waals surface area contributed by atoms with Crippen LogP contribution >= 0.6 is 22.9 Å². The number of nitrogens with one attached hydrogen (secondary N) is 1. The van der Waals surface area contributed by atoms with Gasteiger partial charge >= 0.3 is 5.97 Å². The molecule has 1 aromatic carbocycles. The third-order valence-electron chi connectivity index (χ3n) is 5.48. The predicted octanol–water partition coefficient (Wildman–Crippen LogP) is 6.38. The molecule has 1 N–H and O–H groups in total. The molecular formula is C24H28ClNO3S. The van der Waals surface area contributed by atoms with Crippen LogP contribution in [0.3, 0.4) is 0 Å². The third-order valence-corrected chi connectivity index (χ3v) is 6.89. The summed E-state index contributed by atoms with van der Waals surface area (Å²) in [6.07, 6.45) is 5.94. The Morgan fingerprint density at radius 3 is 2.77 bits per heavy atom. The highest BCUT2D eigenvalue weighted by molar-refractivity contribution is 7.17. The van der Waals surface area contributed by atoms with Crippen LogP contribution in [0, 0.1) is 11.3 Å². The maximum atomic E-state index is 12.7. The molecule has 0 spiro atoms. The summed E-state index contributed by atoms with van der Waals surface area (Å²) in [7, 11) is 0. The average molecular weight is 446 g/mol. The van der Waals surface area contributed by atoms with Crippen LogP contribution in [0.15, 0.2) is 30.3 Å². The molecule has 0 radical (unpaired) electrons. The highest BCUT2D eigenvalue weighted by atomic mass is 35.5. The first-order valence-electron chi connectivity index (χ1n) is 10.2. The fraction of sp³-hybridized carbons (Fsp3) is 0.417. The fourth-order valence-electron chi connectivity index (χ4n) is 3.77. The quantitative estimate of drug-likeness (QED) is 0.429. The highest BCUT2D eigenvalue weighted by Gasteiger charge is 2.34. The number of ether oxygens (including phenoxy) is 1. The Morgan fingerprint density at radius 1 is 1.33 bits per heavy atom. The fourth-order valence-corrected chi connectivity index (χ4v) is 5.29. The summed E-state index contributed by atoms with van der Waals surface area (Å²) in [6, 6.07) is 7.27. The number of anilines is 1. The van der Waals surface area contributed by atoms with Crippen molar-refractivity contribution < 1.29 is 14.3 Å². The summed E-state index contributed by atoms with van der Waals surface area (Å²) < 4.78 is 5.29. The van der Waals surface area contributed by atoms with E-state index in [4.69, 9.17) is 16.3 Å². The molecule has 6 heteroatoms. The molecule has 0 fully saturated rings. The molecule has 0 saturated heterocycles. The van der Waals surface area contributed by atoms with Crippen LogP contribution in [0.4, 0.5) is 5.00 Å². The normalized spacial score (nSPS) is 16.4. The molecule has 1 heterocycles. The summed E-state index contributed by atoms with van der Waals surface area (Å²) in [5.74, 6) is -0.102. The first-order chi connectivity index (χ1) is 14.2. The maximum absolute atomic E-state index is 12.7. The summed E-state index contributed by atoms with van der Waals surface area (Å²) in [5.41, 5.74) is 2.60. The SMILES string of the molecule is CCOC(=O)c1c(NC(=O)/C=C\c2cccc(Cl)c2)sc2c1CC[C@H](C(C)(C)C)C2. The Bertz CT molecular complexity index is 971. The number of carbonyl (C=O) groups excluding carboxylic acids is 2. The Kier molecular flexibility index (Phi) is 7.04. The predicted molar refractivity (Wildman–Crippen MR) is 124 cm³/mol. The van der Waals surface area contributed by atoms with Gasteiger partial charge in [0.05, 0.1) is 12.2 Å². The topological polar surface area (TPSA) is 55.4 Å². The number of fused-ring (bicyclic) bond motifs is 1. The average Bonchev–Trinajstić information content (AvgIpc) is 3.03. The zero-order valence-electron chi connectivity index (χ0n) is 17.9. The van der Waals surface area contributed by atoms with E-state index in [1.165, 1.54) is 22.3 Å². The van der Waals surface area contributed by atoms with Crippen LogP contribution in [0.5, 0.6) is 0 Å². The summed E-state index contributed by atoms with van der Waals surface area (Å²) >= 11 is 7.49. The molecule has 4 nitrogen and oxygen atoms in total. The van der Waals surface area contributed by atoms with Crippen molar-refractivity contribution in [1.29, 1.82) is 0 Å². The largest absolute Gasteiger partial charge is 0.462 e. The van der Waals surface area contributed by atoms with E-state index < -0.39 is 0 Å². The van der Waals surface area contributed by atoms with E-state index in [2.05, 4.69) is 26.1 Å². The van der Waals surface area contributed by atoms with Gasteiger partial charge in [-0.05, 0) is 66.9 Å². The van der Waals surface area contributed by atoms with Crippen LogP contribution in [0.25, 0.3) is 6.08 Å². The van der Waals surface area contributed by atoms with Gasteiger partial charge in [0, 0.05) is 16.0 Å². The Labute approximate surface area is 187 Å². The molecular weight excluding hydrogens is 418 g/mol. The molecule has 1 amide bonds. The van der Waals surface area contributed by atoms with Crippen molar-refractivity contribution in [2.24, 2.45) is 11.3 Å². The Morgan fingerprint density at radius 2 is 2.10 bits per heavy atom. The number of rotatable bonds is 5. The number of carbonyl (C=O) groups is 2. The number of hydrogen-bond acceptors (Lipinski definition) is 4. The van der Waals surface area contributed by atoms with Crippen molar-refractivity contribution in [3.05, 3.63) is 56.9 Å². The lowest BCUT2D eigenvalue weighted by Gasteiger charge is -2.33. The second kappa shape index (κ2) is 9.36. The Hall–Kier alpha value is -2.11. The lowest BCUT2D eigenvalue weighted by molar-refractivity contribution is -0.111. The third kappa shape index (κ3) is 5.32. The van der Waals surface area contributed by atoms with Crippen molar-refractivity contribution in [1.82, 2.24) is 0 Å². The number of amides is 1. The summed E-state index contributed by atoms with van der Waals surface area (Å²) in [6.45, 7) is 8.86. The number of hydrogen-bond donors (Lipinski definition) is 1. The first-order valence-corrected chi connectivity index (χ1v) is 11.4. The van der Waals surface area contributed by atoms with E-state index >= 15 is 0 Å². The molecule has 160 valence electrons. The van der Waals surface area contributed by atoms with Crippen LogP contribution in [0.2, 0.25) is 5.02 Å². The van der Waals surface area contributed by atoms with Gasteiger partial charge in [0.1, 0.15) is 5.00 Å². The van der Waals surface area contributed by atoms with E-state index in [-0.39, 0.29) is 17.3 Å². The molecule has 0 saturated carbocycles. The van der Waals surface area contributed by atoms with Crippen molar-refractivity contribution in [3.63, 3.8) is 0 Å². The van der Waals surface area contributed by atoms with E-state index in [1.807, 2.05) is 12.1 Å². The number of benzene rings is 1. The second-order valence-corrected chi connectivity index (χ2v) is 10.2. The van der Waals surface area contributed by atoms with Gasteiger partial charge in [0.15, 0.2) is 0 Å². The molecule has 1 aromatic heterocycles. The second-order valence-electron chi connectivity index (χ2n) is 8.61. The van der Waals surface area contributed by atoms with Crippen LogP contribution in [-0.4, -0.2) is 18.5 Å². The van der Waals surface area contributed by atoms with Gasteiger partial charge < -0.3 is 10.1 Å².